The number of hydrogen-bond donors (Lipinski definition) is 1. The second-order valence-corrected chi connectivity index (χ2v) is 2.48. The van der Waals surface area contributed by atoms with Crippen LogP contribution < -0.4 is 0 Å². The van der Waals surface area contributed by atoms with Crippen LogP contribution >= 0.6 is 23.2 Å². The molecule has 0 aliphatic carbocycles. The third-order valence-electron chi connectivity index (χ3n) is 0.953. The lowest BCUT2D eigenvalue weighted by atomic mass is 10.4. The van der Waals surface area contributed by atoms with Gasteiger partial charge in [0.05, 0.1) is 0 Å². The van der Waals surface area contributed by atoms with Crippen molar-refractivity contribution in [2.75, 3.05) is 0 Å². The smallest absolute Gasteiger partial charge is 0.195 e. The van der Waals surface area contributed by atoms with Gasteiger partial charge in [-0.05, 0) is 0 Å². The maximum atomic E-state index is 10.6. The fourth-order valence-corrected chi connectivity index (χ4v) is 0.761. The molecule has 1 aromatic heterocycles. The Balaban J connectivity index is 3.10. The van der Waals surface area contributed by atoms with E-state index in [0.717, 1.165) is 0 Å². The Morgan fingerprint density at radius 3 is 2.40 bits per heavy atom. The van der Waals surface area contributed by atoms with Crippen LogP contribution in [0.2, 0.25) is 10.3 Å². The molecule has 1 aromatic rings. The number of nitrogens with one attached hydrogen (secondary N) is 1. The topological polar surface area (TPSA) is 45.8 Å². The first-order chi connectivity index (χ1) is 4.61. The predicted molar refractivity (Wildman–Crippen MR) is 38.6 cm³/mol. The van der Waals surface area contributed by atoms with Crippen LogP contribution in [-0.2, 0) is 0 Å². The first kappa shape index (κ1) is 7.57. The monoisotopic (exact) mass is 178 g/mol. The first-order valence-corrected chi connectivity index (χ1v) is 3.29. The third-order valence-corrected chi connectivity index (χ3v) is 1.60. The maximum absolute atomic E-state index is 10.6. The molecule has 0 spiro atoms. The molecule has 0 aliphatic rings. The van der Waals surface area contributed by atoms with E-state index in [2.05, 4.69) is 9.97 Å². The zero-order valence-electron chi connectivity index (χ0n) is 5.11. The van der Waals surface area contributed by atoms with Gasteiger partial charge in [0.1, 0.15) is 5.15 Å². The van der Waals surface area contributed by atoms with Gasteiger partial charge in [-0.25, -0.2) is 4.98 Å². The van der Waals surface area contributed by atoms with Crippen LogP contribution in [0.3, 0.4) is 0 Å². The number of aromatic amines is 1. The van der Waals surface area contributed by atoms with E-state index in [1.54, 1.807) is 0 Å². The van der Waals surface area contributed by atoms with Gasteiger partial charge >= 0.3 is 0 Å². The summed E-state index contributed by atoms with van der Waals surface area (Å²) in [6.07, 6.45) is 0. The Labute approximate surface area is 67.4 Å². The molecule has 0 aromatic carbocycles. The van der Waals surface area contributed by atoms with Gasteiger partial charge in [-0.1, -0.05) is 23.2 Å². The Morgan fingerprint density at radius 2 is 2.20 bits per heavy atom. The summed E-state index contributed by atoms with van der Waals surface area (Å²) in [4.78, 5) is 16.8. The van der Waals surface area contributed by atoms with Gasteiger partial charge in [0.15, 0.2) is 16.8 Å². The molecule has 10 heavy (non-hydrogen) atoms. The largest absolute Gasteiger partial charge is 0.325 e. The highest BCUT2D eigenvalue weighted by Gasteiger charge is 2.08. The van der Waals surface area contributed by atoms with Crippen molar-refractivity contribution in [1.29, 1.82) is 0 Å². The minimum Gasteiger partial charge on any atom is -0.325 e. The molecule has 0 radical (unpaired) electrons. The van der Waals surface area contributed by atoms with Gasteiger partial charge in [0.2, 0.25) is 0 Å². The van der Waals surface area contributed by atoms with Crippen molar-refractivity contribution in [2.24, 2.45) is 0 Å². The van der Waals surface area contributed by atoms with E-state index < -0.39 is 0 Å². The summed E-state index contributed by atoms with van der Waals surface area (Å²) in [6.45, 7) is 1.38. The normalized spacial score (nSPS) is 9.90. The molecule has 0 saturated heterocycles. The van der Waals surface area contributed by atoms with E-state index >= 15 is 0 Å². The second-order valence-electron chi connectivity index (χ2n) is 1.75. The standard InChI is InChI=1S/C5H4Cl2N2O/c1-2(10)5-8-3(6)4(7)9-5/h1H3,(H,8,9). The molecule has 0 aliphatic heterocycles. The van der Waals surface area contributed by atoms with Crippen molar-refractivity contribution in [1.82, 2.24) is 9.97 Å². The summed E-state index contributed by atoms with van der Waals surface area (Å²) in [5.74, 6) is 0.00352. The molecule has 0 saturated carbocycles. The minimum absolute atomic E-state index is 0.131. The summed E-state index contributed by atoms with van der Waals surface area (Å²) in [5, 5.41) is 0.332. The Hall–Kier alpha value is -0.540. The van der Waals surface area contributed by atoms with Crippen molar-refractivity contribution in [3.8, 4) is 0 Å². The molecule has 1 N–H and O–H groups in total. The zero-order chi connectivity index (χ0) is 7.72. The average molecular weight is 179 g/mol. The molecule has 5 heteroatoms. The van der Waals surface area contributed by atoms with Gasteiger partial charge < -0.3 is 4.98 Å². The lowest BCUT2D eigenvalue weighted by Crippen LogP contribution is -1.93. The van der Waals surface area contributed by atoms with Crippen molar-refractivity contribution in [3.05, 3.63) is 16.1 Å². The molecule has 0 amide bonds. The average Bonchev–Trinajstić information content (AvgIpc) is 2.13. The van der Waals surface area contributed by atoms with E-state index in [4.69, 9.17) is 23.2 Å². The number of ketones is 1. The highest BCUT2D eigenvalue weighted by Crippen LogP contribution is 2.17. The number of aromatic nitrogens is 2. The van der Waals surface area contributed by atoms with Gasteiger partial charge in [-0.3, -0.25) is 4.79 Å². The van der Waals surface area contributed by atoms with Gasteiger partial charge in [0, 0.05) is 6.92 Å². The van der Waals surface area contributed by atoms with Crippen molar-refractivity contribution < 1.29 is 4.79 Å². The third kappa shape index (κ3) is 1.30. The van der Waals surface area contributed by atoms with Crippen LogP contribution in [0.5, 0.6) is 0 Å². The molecule has 0 unspecified atom stereocenters. The van der Waals surface area contributed by atoms with Crippen LogP contribution in [0.25, 0.3) is 0 Å². The molecule has 54 valence electrons. The lowest BCUT2D eigenvalue weighted by Gasteiger charge is -1.81. The van der Waals surface area contributed by atoms with E-state index in [-0.39, 0.29) is 21.9 Å². The summed E-state index contributed by atoms with van der Waals surface area (Å²) >= 11 is 10.9. The van der Waals surface area contributed by atoms with E-state index in [9.17, 15) is 4.79 Å². The number of imidazole rings is 1. The molecule has 0 atom stereocenters. The van der Waals surface area contributed by atoms with Crippen LogP contribution in [0.1, 0.15) is 17.5 Å². The highest BCUT2D eigenvalue weighted by atomic mass is 35.5. The predicted octanol–water partition coefficient (Wildman–Crippen LogP) is 1.92. The molecule has 3 nitrogen and oxygen atoms in total. The van der Waals surface area contributed by atoms with Gasteiger partial charge in [-0.15, -0.1) is 0 Å². The summed E-state index contributed by atoms with van der Waals surface area (Å²) in [5.41, 5.74) is 0. The minimum atomic E-state index is -0.186. The molecular formula is C5H4Cl2N2O. The van der Waals surface area contributed by atoms with E-state index in [1.807, 2.05) is 0 Å². The fraction of sp³-hybridized carbons (Fsp3) is 0.200. The summed E-state index contributed by atoms with van der Waals surface area (Å²) in [6, 6.07) is 0. The number of H-pyrrole nitrogens is 1. The number of rotatable bonds is 1. The van der Waals surface area contributed by atoms with Crippen LogP contribution in [0.15, 0.2) is 0 Å². The Bertz CT molecular complexity index is 249. The van der Waals surface area contributed by atoms with E-state index in [1.165, 1.54) is 6.92 Å². The van der Waals surface area contributed by atoms with Crippen LogP contribution in [0, 0.1) is 0 Å². The number of Topliss-reactive ketones (excluding diaryl/α,β-unsaturated/α-hetero) is 1. The highest BCUT2D eigenvalue weighted by molar-refractivity contribution is 6.40. The van der Waals surface area contributed by atoms with Crippen LogP contribution in [0.4, 0.5) is 0 Å². The number of nitrogens with zero attached hydrogens (tertiary/aromatic N) is 1. The first-order valence-electron chi connectivity index (χ1n) is 2.53. The lowest BCUT2D eigenvalue weighted by molar-refractivity contribution is 0.100. The molecule has 0 bridgehead atoms. The number of carbonyl (C=O) groups is 1. The molecule has 0 fully saturated rings. The van der Waals surface area contributed by atoms with E-state index in [0.29, 0.717) is 0 Å². The van der Waals surface area contributed by atoms with Crippen LogP contribution in [-0.4, -0.2) is 15.8 Å². The molecule has 1 heterocycles. The Morgan fingerprint density at radius 1 is 1.60 bits per heavy atom. The summed E-state index contributed by atoms with van der Waals surface area (Å²) < 4.78 is 0. The number of hydrogen-bond acceptors (Lipinski definition) is 2. The SMILES string of the molecule is CC(=O)c1nc(Cl)c(Cl)[nH]1. The van der Waals surface area contributed by atoms with Gasteiger partial charge in [0.25, 0.3) is 0 Å². The zero-order valence-corrected chi connectivity index (χ0v) is 6.62. The fourth-order valence-electron chi connectivity index (χ4n) is 0.497. The Kier molecular flexibility index (Phi) is 1.97. The quantitative estimate of drug-likeness (QED) is 0.669. The second kappa shape index (κ2) is 2.60. The van der Waals surface area contributed by atoms with Crippen molar-refractivity contribution >= 4 is 29.0 Å². The van der Waals surface area contributed by atoms with Gasteiger partial charge in [-0.2, -0.15) is 0 Å². The molecular weight excluding hydrogens is 175 g/mol. The van der Waals surface area contributed by atoms with Crippen molar-refractivity contribution in [2.45, 2.75) is 6.92 Å². The maximum Gasteiger partial charge on any atom is 0.195 e. The number of halogens is 2. The summed E-state index contributed by atoms with van der Waals surface area (Å²) in [7, 11) is 0. The van der Waals surface area contributed by atoms with Crippen molar-refractivity contribution in [3.63, 3.8) is 0 Å². The molecule has 1 rings (SSSR count). The number of carbonyl (C=O) groups excluding carboxylic acids is 1.